The number of carbonyl (C=O) groups excluding carboxylic acids is 3. The molecule has 0 aliphatic carbocycles. The van der Waals surface area contributed by atoms with Crippen molar-refractivity contribution in [3.8, 4) is 11.5 Å². The summed E-state index contributed by atoms with van der Waals surface area (Å²) >= 11 is 1.33. The predicted octanol–water partition coefficient (Wildman–Crippen LogP) is 5.62. The lowest BCUT2D eigenvalue weighted by atomic mass is 10.1. The van der Waals surface area contributed by atoms with Gasteiger partial charge in [0, 0.05) is 47.7 Å². The van der Waals surface area contributed by atoms with Gasteiger partial charge in [-0.1, -0.05) is 36.4 Å². The van der Waals surface area contributed by atoms with Gasteiger partial charge in [-0.05, 0) is 66.2 Å². The first-order valence-corrected chi connectivity index (χ1v) is 14.4. The van der Waals surface area contributed by atoms with Crippen molar-refractivity contribution in [2.75, 3.05) is 42.2 Å². The summed E-state index contributed by atoms with van der Waals surface area (Å²) in [6.07, 6.45) is 1.63. The number of rotatable bonds is 10. The van der Waals surface area contributed by atoms with Crippen LogP contribution in [0.2, 0.25) is 0 Å². The lowest BCUT2D eigenvalue weighted by Gasteiger charge is -2.14. The molecule has 1 heterocycles. The average molecular weight is 595 g/mol. The highest BCUT2D eigenvalue weighted by atomic mass is 32.2. The van der Waals surface area contributed by atoms with Crippen molar-refractivity contribution in [2.24, 2.45) is 0 Å². The molecule has 0 fully saturated rings. The number of nitrogens with one attached hydrogen (secondary N) is 3. The van der Waals surface area contributed by atoms with Crippen LogP contribution in [0.3, 0.4) is 0 Å². The van der Waals surface area contributed by atoms with Crippen molar-refractivity contribution in [2.45, 2.75) is 4.90 Å². The fourth-order valence-corrected chi connectivity index (χ4v) is 4.92. The number of hydrogen-bond donors (Lipinski definition) is 3. The van der Waals surface area contributed by atoms with Gasteiger partial charge in [-0.25, -0.2) is 0 Å². The lowest BCUT2D eigenvalue weighted by Crippen LogP contribution is -2.30. The Hall–Kier alpha value is -5.22. The van der Waals surface area contributed by atoms with Crippen LogP contribution < -0.4 is 30.3 Å². The van der Waals surface area contributed by atoms with Gasteiger partial charge in [0.15, 0.2) is 11.5 Å². The summed E-state index contributed by atoms with van der Waals surface area (Å²) in [4.78, 5) is 41.7. The molecule has 3 amide bonds. The van der Waals surface area contributed by atoms with Gasteiger partial charge in [-0.3, -0.25) is 14.4 Å². The number of thioether (sulfide) groups is 1. The fraction of sp³-hybridized carbons (Fsp3) is 0.121. The SMILES string of the molecule is CN(C)c1ccc(/C=C(/NC(=O)c2ccccc2)C(=O)Nc2cccc(SCC(=O)Nc3ccc4c(c3)OCO4)c2)cc1. The fourth-order valence-electron chi connectivity index (χ4n) is 4.16. The van der Waals surface area contributed by atoms with Gasteiger partial charge in [0.1, 0.15) is 5.70 Å². The number of hydrogen-bond acceptors (Lipinski definition) is 7. The van der Waals surface area contributed by atoms with Crippen molar-refractivity contribution >= 4 is 52.6 Å². The first kappa shape index (κ1) is 29.3. The zero-order chi connectivity index (χ0) is 30.2. The Kier molecular flexibility index (Phi) is 9.28. The van der Waals surface area contributed by atoms with Crippen molar-refractivity contribution in [3.63, 3.8) is 0 Å². The van der Waals surface area contributed by atoms with E-state index >= 15 is 0 Å². The Balaban J connectivity index is 1.25. The number of ether oxygens (including phenoxy) is 2. The van der Waals surface area contributed by atoms with Crippen LogP contribution in [0.4, 0.5) is 17.1 Å². The molecule has 43 heavy (non-hydrogen) atoms. The van der Waals surface area contributed by atoms with E-state index in [1.807, 2.05) is 55.4 Å². The second kappa shape index (κ2) is 13.6. The molecule has 5 rings (SSSR count). The summed E-state index contributed by atoms with van der Waals surface area (Å²) in [7, 11) is 3.89. The summed E-state index contributed by atoms with van der Waals surface area (Å²) < 4.78 is 10.7. The van der Waals surface area contributed by atoms with Crippen LogP contribution in [0.1, 0.15) is 15.9 Å². The molecule has 9 nitrogen and oxygen atoms in total. The van der Waals surface area contributed by atoms with E-state index in [1.54, 1.807) is 66.7 Å². The molecule has 0 saturated heterocycles. The maximum Gasteiger partial charge on any atom is 0.272 e. The summed E-state index contributed by atoms with van der Waals surface area (Å²) in [5.41, 5.74) is 3.42. The lowest BCUT2D eigenvalue weighted by molar-refractivity contribution is -0.114. The van der Waals surface area contributed by atoms with Gasteiger partial charge < -0.3 is 30.3 Å². The van der Waals surface area contributed by atoms with E-state index in [2.05, 4.69) is 16.0 Å². The highest BCUT2D eigenvalue weighted by molar-refractivity contribution is 8.00. The van der Waals surface area contributed by atoms with Gasteiger partial charge in [0.2, 0.25) is 12.7 Å². The van der Waals surface area contributed by atoms with E-state index < -0.39 is 11.8 Å². The zero-order valence-electron chi connectivity index (χ0n) is 23.6. The van der Waals surface area contributed by atoms with Crippen LogP contribution in [-0.2, 0) is 9.59 Å². The summed E-state index contributed by atoms with van der Waals surface area (Å²) in [5, 5.41) is 8.48. The van der Waals surface area contributed by atoms with Gasteiger partial charge in [0.25, 0.3) is 11.8 Å². The number of nitrogens with zero attached hydrogens (tertiary/aromatic N) is 1. The van der Waals surface area contributed by atoms with Crippen LogP contribution >= 0.6 is 11.8 Å². The van der Waals surface area contributed by atoms with Crippen molar-refractivity contribution in [3.05, 3.63) is 114 Å². The number of fused-ring (bicyclic) bond motifs is 1. The van der Waals surface area contributed by atoms with E-state index in [1.165, 1.54) is 11.8 Å². The molecule has 0 unspecified atom stereocenters. The smallest absolute Gasteiger partial charge is 0.272 e. The summed E-state index contributed by atoms with van der Waals surface area (Å²) in [6.45, 7) is 0.163. The number of anilines is 3. The van der Waals surface area contributed by atoms with Crippen molar-refractivity contribution in [1.82, 2.24) is 5.32 Å². The Morgan fingerprint density at radius 3 is 2.33 bits per heavy atom. The molecule has 0 saturated carbocycles. The largest absolute Gasteiger partial charge is 0.454 e. The third-order valence-electron chi connectivity index (χ3n) is 6.37. The third-order valence-corrected chi connectivity index (χ3v) is 7.36. The standard InChI is InChI=1S/C33H30N4O5S/c1-37(2)26-14-11-22(12-15-26)17-28(36-32(39)23-7-4-3-5-8-23)33(40)35-24-9-6-10-27(18-24)43-20-31(38)34-25-13-16-29-30(19-25)42-21-41-29/h3-19H,20-21H2,1-2H3,(H,34,38)(H,35,40)(H,36,39)/b28-17+. The molecule has 3 N–H and O–H groups in total. The minimum absolute atomic E-state index is 0.0904. The van der Waals surface area contributed by atoms with Crippen molar-refractivity contribution < 1.29 is 23.9 Å². The molecule has 0 spiro atoms. The second-order valence-corrected chi connectivity index (χ2v) is 10.8. The Morgan fingerprint density at radius 2 is 1.56 bits per heavy atom. The van der Waals surface area contributed by atoms with Crippen LogP contribution in [0.15, 0.2) is 108 Å². The molecule has 1 aliphatic heterocycles. The molecule has 1 aliphatic rings. The highest BCUT2D eigenvalue weighted by Gasteiger charge is 2.17. The molecule has 4 aromatic rings. The van der Waals surface area contributed by atoms with E-state index in [9.17, 15) is 14.4 Å². The number of amides is 3. The third kappa shape index (κ3) is 7.96. The molecule has 0 radical (unpaired) electrons. The van der Waals surface area contributed by atoms with Gasteiger partial charge in [0.05, 0.1) is 5.75 Å². The van der Waals surface area contributed by atoms with E-state index in [0.717, 1.165) is 16.1 Å². The first-order chi connectivity index (χ1) is 20.8. The van der Waals surface area contributed by atoms with Crippen LogP contribution in [-0.4, -0.2) is 44.4 Å². The predicted molar refractivity (Wildman–Crippen MR) is 170 cm³/mol. The maximum atomic E-state index is 13.4. The first-order valence-electron chi connectivity index (χ1n) is 13.4. The molecule has 218 valence electrons. The van der Waals surface area contributed by atoms with Crippen LogP contribution in [0.5, 0.6) is 11.5 Å². The maximum absolute atomic E-state index is 13.4. The zero-order valence-corrected chi connectivity index (χ0v) is 24.4. The van der Waals surface area contributed by atoms with E-state index in [-0.39, 0.29) is 24.2 Å². The molecule has 0 aromatic heterocycles. The van der Waals surface area contributed by atoms with Crippen LogP contribution in [0.25, 0.3) is 6.08 Å². The topological polar surface area (TPSA) is 109 Å². The quantitative estimate of drug-likeness (QED) is 0.162. The molecule has 0 atom stereocenters. The van der Waals surface area contributed by atoms with Gasteiger partial charge in [-0.2, -0.15) is 0 Å². The van der Waals surface area contributed by atoms with Gasteiger partial charge in [-0.15, -0.1) is 11.8 Å². The van der Waals surface area contributed by atoms with E-state index in [0.29, 0.717) is 28.4 Å². The van der Waals surface area contributed by atoms with Gasteiger partial charge >= 0.3 is 0 Å². The average Bonchev–Trinajstić information content (AvgIpc) is 3.48. The minimum Gasteiger partial charge on any atom is -0.454 e. The molecular weight excluding hydrogens is 564 g/mol. The molecule has 4 aromatic carbocycles. The highest BCUT2D eigenvalue weighted by Crippen LogP contribution is 2.34. The van der Waals surface area contributed by atoms with Crippen LogP contribution in [0, 0.1) is 0 Å². The normalized spacial score (nSPS) is 11.9. The molecular formula is C33H30N4O5S. The Labute approximate surface area is 253 Å². The van der Waals surface area contributed by atoms with Crippen molar-refractivity contribution in [1.29, 1.82) is 0 Å². The Morgan fingerprint density at radius 1 is 0.814 bits per heavy atom. The number of carbonyl (C=O) groups is 3. The molecule has 0 bridgehead atoms. The summed E-state index contributed by atoms with van der Waals surface area (Å²) in [5.74, 6) is 0.326. The monoisotopic (exact) mass is 594 g/mol. The van der Waals surface area contributed by atoms with E-state index in [4.69, 9.17) is 9.47 Å². The number of benzene rings is 4. The summed E-state index contributed by atoms with van der Waals surface area (Å²) in [6, 6.07) is 28.7. The Bertz CT molecular complexity index is 1660. The second-order valence-electron chi connectivity index (χ2n) is 9.75. The molecule has 10 heteroatoms. The minimum atomic E-state index is -0.483.